The summed E-state index contributed by atoms with van der Waals surface area (Å²) in [6.45, 7) is 6.21. The second-order valence-corrected chi connectivity index (χ2v) is 9.43. The van der Waals surface area contributed by atoms with Crippen molar-refractivity contribution in [3.05, 3.63) is 65.6 Å². The largest absolute Gasteiger partial charge is 0.491 e. The topological polar surface area (TPSA) is 90.2 Å². The second kappa shape index (κ2) is 9.56. The second-order valence-electron chi connectivity index (χ2n) is 9.43. The van der Waals surface area contributed by atoms with Crippen LogP contribution in [-0.2, 0) is 21.4 Å². The molecule has 2 aromatic heterocycles. The molecule has 1 aliphatic carbocycles. The molecule has 0 spiro atoms. The zero-order valence-corrected chi connectivity index (χ0v) is 20.5. The number of para-hydroxylation sites is 1. The van der Waals surface area contributed by atoms with Crippen molar-refractivity contribution in [1.29, 1.82) is 0 Å². The fourth-order valence-corrected chi connectivity index (χ4v) is 5.20. The summed E-state index contributed by atoms with van der Waals surface area (Å²) in [5, 5.41) is 5.51. The van der Waals surface area contributed by atoms with Gasteiger partial charge in [-0.25, -0.2) is 0 Å². The van der Waals surface area contributed by atoms with Crippen LogP contribution in [0, 0.1) is 0 Å². The van der Waals surface area contributed by atoms with Crippen LogP contribution in [0.3, 0.4) is 0 Å². The number of aromatic nitrogens is 3. The van der Waals surface area contributed by atoms with Crippen molar-refractivity contribution in [1.82, 2.24) is 15.1 Å². The van der Waals surface area contributed by atoms with Gasteiger partial charge >= 0.3 is 5.97 Å². The van der Waals surface area contributed by atoms with E-state index in [4.69, 9.17) is 19.0 Å². The summed E-state index contributed by atoms with van der Waals surface area (Å²) in [4.78, 5) is 20.4. The minimum absolute atomic E-state index is 0.117. The van der Waals surface area contributed by atoms with Crippen LogP contribution in [0.1, 0.15) is 63.4 Å². The van der Waals surface area contributed by atoms with E-state index < -0.39 is 0 Å². The molecule has 7 nitrogen and oxygen atoms in total. The first kappa shape index (κ1) is 23.1. The van der Waals surface area contributed by atoms with E-state index in [2.05, 4.69) is 28.3 Å². The van der Waals surface area contributed by atoms with Gasteiger partial charge in [0.15, 0.2) is 5.82 Å². The molecular formula is C28H31N3O4. The van der Waals surface area contributed by atoms with E-state index in [9.17, 15) is 4.79 Å². The molecule has 1 saturated carbocycles. The lowest BCUT2D eigenvalue weighted by molar-refractivity contribution is -0.142. The predicted molar refractivity (Wildman–Crippen MR) is 133 cm³/mol. The van der Waals surface area contributed by atoms with Gasteiger partial charge in [0.2, 0.25) is 0 Å². The summed E-state index contributed by atoms with van der Waals surface area (Å²) in [7, 11) is 0. The molecule has 0 aliphatic heterocycles. The van der Waals surface area contributed by atoms with Crippen molar-refractivity contribution in [3.8, 4) is 17.2 Å². The maximum Gasteiger partial charge on any atom is 0.310 e. The number of rotatable bonds is 8. The molecule has 0 amide bonds. The first-order valence-corrected chi connectivity index (χ1v) is 12.4. The van der Waals surface area contributed by atoms with E-state index in [0.717, 1.165) is 59.0 Å². The molecule has 182 valence electrons. The van der Waals surface area contributed by atoms with Crippen LogP contribution in [-0.4, -0.2) is 33.8 Å². The van der Waals surface area contributed by atoms with Crippen molar-refractivity contribution in [2.45, 2.75) is 64.4 Å². The SMILES string of the molecule is CCOC(=O)Cc1c[nH]c2c(C3(c4noc(-c5ccc(OC(C)C)cc5)n4)CCCC3)cccc12. The number of nitrogens with zero attached hydrogens (tertiary/aromatic N) is 2. The number of carbonyl (C=O) groups excluding carboxylic acids is 1. The van der Waals surface area contributed by atoms with Crippen LogP contribution in [0.4, 0.5) is 0 Å². The van der Waals surface area contributed by atoms with E-state index in [1.807, 2.05) is 51.2 Å². The Morgan fingerprint density at radius 2 is 1.91 bits per heavy atom. The first-order valence-electron chi connectivity index (χ1n) is 12.4. The highest BCUT2D eigenvalue weighted by molar-refractivity contribution is 5.90. The predicted octanol–water partition coefficient (Wildman–Crippen LogP) is 5.97. The molecule has 5 rings (SSSR count). The van der Waals surface area contributed by atoms with Crippen LogP contribution in [0.5, 0.6) is 5.75 Å². The molecular weight excluding hydrogens is 442 g/mol. The molecule has 0 saturated heterocycles. The summed E-state index contributed by atoms with van der Waals surface area (Å²) in [6, 6.07) is 14.0. The smallest absolute Gasteiger partial charge is 0.310 e. The number of H-pyrrole nitrogens is 1. The van der Waals surface area contributed by atoms with Gasteiger partial charge in [0.1, 0.15) is 5.75 Å². The fourth-order valence-electron chi connectivity index (χ4n) is 5.20. The van der Waals surface area contributed by atoms with E-state index >= 15 is 0 Å². The molecule has 1 N–H and O–H groups in total. The van der Waals surface area contributed by atoms with Gasteiger partial charge in [-0.1, -0.05) is 36.2 Å². The maximum atomic E-state index is 12.1. The van der Waals surface area contributed by atoms with E-state index in [0.29, 0.717) is 18.3 Å². The number of hydrogen-bond acceptors (Lipinski definition) is 6. The lowest BCUT2D eigenvalue weighted by Crippen LogP contribution is -2.26. The van der Waals surface area contributed by atoms with Gasteiger partial charge in [-0.05, 0) is 69.0 Å². The highest BCUT2D eigenvalue weighted by Crippen LogP contribution is 2.47. The maximum absolute atomic E-state index is 12.1. The van der Waals surface area contributed by atoms with E-state index in [-0.39, 0.29) is 23.9 Å². The van der Waals surface area contributed by atoms with Gasteiger partial charge in [-0.2, -0.15) is 4.98 Å². The molecule has 0 unspecified atom stereocenters. The third-order valence-electron chi connectivity index (χ3n) is 6.74. The van der Waals surface area contributed by atoms with E-state index in [1.165, 1.54) is 0 Å². The number of nitrogens with one attached hydrogen (secondary N) is 1. The van der Waals surface area contributed by atoms with Crippen LogP contribution in [0.15, 0.2) is 53.2 Å². The zero-order valence-electron chi connectivity index (χ0n) is 20.5. The van der Waals surface area contributed by atoms with Crippen LogP contribution < -0.4 is 4.74 Å². The standard InChI is InChI=1S/C28H31N3O4/c1-4-33-24(32)16-20-17-29-25-22(20)8-7-9-23(25)28(14-5-6-15-28)27-30-26(35-31-27)19-10-12-21(13-11-19)34-18(2)3/h7-13,17-18,29H,4-6,14-16H2,1-3H3. The normalized spacial score (nSPS) is 15.1. The molecule has 4 aromatic rings. The Morgan fingerprint density at radius 1 is 1.14 bits per heavy atom. The molecule has 2 aromatic carbocycles. The summed E-state index contributed by atoms with van der Waals surface area (Å²) in [6.07, 6.45) is 6.35. The number of hydrogen-bond donors (Lipinski definition) is 1. The number of carbonyl (C=O) groups is 1. The molecule has 0 radical (unpaired) electrons. The molecule has 0 bridgehead atoms. The van der Waals surface area contributed by atoms with Crippen molar-refractivity contribution < 1.29 is 18.8 Å². The minimum Gasteiger partial charge on any atom is -0.491 e. The van der Waals surface area contributed by atoms with Crippen molar-refractivity contribution in [2.75, 3.05) is 6.61 Å². The molecule has 2 heterocycles. The quantitative estimate of drug-likeness (QED) is 0.317. The molecule has 0 atom stereocenters. The Balaban J connectivity index is 1.50. The Kier molecular flexibility index (Phi) is 6.32. The lowest BCUT2D eigenvalue weighted by atomic mass is 9.77. The number of ether oxygens (including phenoxy) is 2. The first-order chi connectivity index (χ1) is 17.0. The number of esters is 1. The van der Waals surface area contributed by atoms with Crippen molar-refractivity contribution in [3.63, 3.8) is 0 Å². The Bertz CT molecular complexity index is 1310. The summed E-state index contributed by atoms with van der Waals surface area (Å²) < 4.78 is 16.7. The average molecular weight is 474 g/mol. The Morgan fingerprint density at radius 3 is 2.63 bits per heavy atom. The van der Waals surface area contributed by atoms with Gasteiger partial charge in [0.25, 0.3) is 5.89 Å². The number of aromatic amines is 1. The van der Waals surface area contributed by atoms with Crippen LogP contribution in [0.2, 0.25) is 0 Å². The van der Waals surface area contributed by atoms with Gasteiger partial charge in [-0.3, -0.25) is 4.79 Å². The Hall–Kier alpha value is -3.61. The molecule has 1 aliphatic rings. The molecule has 1 fully saturated rings. The molecule has 7 heteroatoms. The van der Waals surface area contributed by atoms with Crippen LogP contribution in [0.25, 0.3) is 22.4 Å². The highest BCUT2D eigenvalue weighted by atomic mass is 16.5. The van der Waals surface area contributed by atoms with Crippen LogP contribution >= 0.6 is 0 Å². The van der Waals surface area contributed by atoms with Gasteiger partial charge in [-0.15, -0.1) is 0 Å². The van der Waals surface area contributed by atoms with Gasteiger partial charge in [0, 0.05) is 22.7 Å². The van der Waals surface area contributed by atoms with Crippen molar-refractivity contribution in [2.24, 2.45) is 0 Å². The average Bonchev–Trinajstić information content (AvgIpc) is 3.60. The summed E-state index contributed by atoms with van der Waals surface area (Å²) in [5.74, 6) is 1.81. The fraction of sp³-hybridized carbons (Fsp3) is 0.393. The van der Waals surface area contributed by atoms with E-state index in [1.54, 1.807) is 0 Å². The number of benzene rings is 2. The third kappa shape index (κ3) is 4.43. The molecule has 35 heavy (non-hydrogen) atoms. The zero-order chi connectivity index (χ0) is 24.4. The highest BCUT2D eigenvalue weighted by Gasteiger charge is 2.43. The third-order valence-corrected chi connectivity index (χ3v) is 6.74. The summed E-state index contributed by atoms with van der Waals surface area (Å²) in [5.41, 5.74) is 3.63. The van der Waals surface area contributed by atoms with Crippen molar-refractivity contribution >= 4 is 16.9 Å². The van der Waals surface area contributed by atoms with Gasteiger partial charge in [0.05, 0.1) is 24.5 Å². The lowest BCUT2D eigenvalue weighted by Gasteiger charge is -2.26. The monoisotopic (exact) mass is 473 g/mol. The Labute approximate surface area is 204 Å². The van der Waals surface area contributed by atoms with Gasteiger partial charge < -0.3 is 19.0 Å². The minimum atomic E-state index is -0.339. The number of fused-ring (bicyclic) bond motifs is 1. The summed E-state index contributed by atoms with van der Waals surface area (Å²) >= 11 is 0.